The lowest BCUT2D eigenvalue weighted by molar-refractivity contribution is -0.118. The monoisotopic (exact) mass is 418 g/mol. The van der Waals surface area contributed by atoms with E-state index in [1.54, 1.807) is 19.1 Å². The summed E-state index contributed by atoms with van der Waals surface area (Å²) in [5, 5.41) is 2.79. The highest BCUT2D eigenvalue weighted by Gasteiger charge is 2.16. The molecule has 0 saturated heterocycles. The van der Waals surface area contributed by atoms with Gasteiger partial charge in [-0.2, -0.15) is 0 Å². The van der Waals surface area contributed by atoms with Gasteiger partial charge in [0.25, 0.3) is 5.91 Å². The van der Waals surface area contributed by atoms with Gasteiger partial charge < -0.3 is 10.1 Å². The number of hydrogen-bond acceptors (Lipinski definition) is 4. The molecule has 0 fully saturated rings. The smallest absolute Gasteiger partial charge is 0.262 e. The van der Waals surface area contributed by atoms with Crippen LogP contribution in [-0.2, 0) is 14.8 Å². The number of carbonyl (C=O) groups excluding carboxylic acids is 1. The molecular weight excluding hydrogens is 388 g/mol. The largest absolute Gasteiger partial charge is 0.483 e. The number of hydrogen-bond donors (Lipinski definition) is 2. The summed E-state index contributed by atoms with van der Waals surface area (Å²) in [7, 11) is -3.56. The lowest BCUT2D eigenvalue weighted by Gasteiger charge is -2.13. The van der Waals surface area contributed by atoms with Crippen LogP contribution in [0.2, 0.25) is 0 Å². The molecule has 2 N–H and O–H groups in total. The zero-order chi connectivity index (χ0) is 21.6. The molecular formula is C22H30N2O4S. The van der Waals surface area contributed by atoms with Gasteiger partial charge in [-0.3, -0.25) is 4.79 Å². The SMILES string of the molecule is Cc1cc(S(=O)(=O)NCC(C)C)ccc1OCC(=O)Nc1ccc(C(C)C)cc1. The van der Waals surface area contributed by atoms with Crippen LogP contribution in [0.1, 0.15) is 44.7 Å². The van der Waals surface area contributed by atoms with E-state index in [4.69, 9.17) is 4.74 Å². The molecule has 0 aliphatic carbocycles. The zero-order valence-corrected chi connectivity index (χ0v) is 18.5. The highest BCUT2D eigenvalue weighted by molar-refractivity contribution is 7.89. The molecule has 2 aromatic carbocycles. The molecule has 0 spiro atoms. The summed E-state index contributed by atoms with van der Waals surface area (Å²) in [4.78, 5) is 12.3. The summed E-state index contributed by atoms with van der Waals surface area (Å²) in [5.41, 5.74) is 2.55. The molecule has 2 rings (SSSR count). The van der Waals surface area contributed by atoms with Crippen LogP contribution in [0.25, 0.3) is 0 Å². The average Bonchev–Trinajstić information content (AvgIpc) is 2.66. The number of ether oxygens (including phenoxy) is 1. The fourth-order valence-electron chi connectivity index (χ4n) is 2.60. The lowest BCUT2D eigenvalue weighted by atomic mass is 10.0. The first-order valence-electron chi connectivity index (χ1n) is 9.71. The first-order chi connectivity index (χ1) is 13.6. The second kappa shape index (κ2) is 9.89. The third-order valence-corrected chi connectivity index (χ3v) is 5.78. The lowest BCUT2D eigenvalue weighted by Crippen LogP contribution is -2.27. The third-order valence-electron chi connectivity index (χ3n) is 4.36. The summed E-state index contributed by atoms with van der Waals surface area (Å²) in [6.45, 7) is 10.1. The molecule has 0 atom stereocenters. The van der Waals surface area contributed by atoms with E-state index in [1.165, 1.54) is 11.6 Å². The van der Waals surface area contributed by atoms with Crippen molar-refractivity contribution >= 4 is 21.6 Å². The normalized spacial score (nSPS) is 11.7. The van der Waals surface area contributed by atoms with Crippen LogP contribution in [0.15, 0.2) is 47.4 Å². The summed E-state index contributed by atoms with van der Waals surface area (Å²) in [6, 6.07) is 12.3. The van der Waals surface area contributed by atoms with Gasteiger partial charge in [0.2, 0.25) is 10.0 Å². The van der Waals surface area contributed by atoms with Gasteiger partial charge in [-0.1, -0.05) is 39.8 Å². The fraction of sp³-hybridized carbons (Fsp3) is 0.409. The molecule has 0 bridgehead atoms. The number of aryl methyl sites for hydroxylation is 1. The Hall–Kier alpha value is -2.38. The van der Waals surface area contributed by atoms with Crippen LogP contribution in [0.5, 0.6) is 5.75 Å². The minimum Gasteiger partial charge on any atom is -0.483 e. The van der Waals surface area contributed by atoms with Gasteiger partial charge in [-0.25, -0.2) is 13.1 Å². The van der Waals surface area contributed by atoms with E-state index in [0.717, 1.165) is 0 Å². The quantitative estimate of drug-likeness (QED) is 0.643. The van der Waals surface area contributed by atoms with Gasteiger partial charge in [0, 0.05) is 12.2 Å². The Labute approximate surface area is 173 Å². The van der Waals surface area contributed by atoms with Crippen LogP contribution < -0.4 is 14.8 Å². The topological polar surface area (TPSA) is 84.5 Å². The Morgan fingerprint density at radius 1 is 1.03 bits per heavy atom. The van der Waals surface area contributed by atoms with Crippen LogP contribution in [0.3, 0.4) is 0 Å². The number of carbonyl (C=O) groups is 1. The Morgan fingerprint density at radius 2 is 1.69 bits per heavy atom. The second-order valence-corrected chi connectivity index (χ2v) is 9.55. The van der Waals surface area contributed by atoms with Crippen molar-refractivity contribution in [2.24, 2.45) is 5.92 Å². The molecule has 0 aromatic heterocycles. The van der Waals surface area contributed by atoms with Gasteiger partial charge in [-0.05, 0) is 60.2 Å². The zero-order valence-electron chi connectivity index (χ0n) is 17.7. The first-order valence-corrected chi connectivity index (χ1v) is 11.2. The van der Waals surface area contributed by atoms with E-state index >= 15 is 0 Å². The van der Waals surface area contributed by atoms with E-state index in [-0.39, 0.29) is 23.3 Å². The van der Waals surface area contributed by atoms with Crippen molar-refractivity contribution in [3.05, 3.63) is 53.6 Å². The predicted molar refractivity (Wildman–Crippen MR) is 116 cm³/mol. The molecule has 2 aromatic rings. The highest BCUT2D eigenvalue weighted by atomic mass is 32.2. The molecule has 29 heavy (non-hydrogen) atoms. The first kappa shape index (κ1) is 22.9. The van der Waals surface area contributed by atoms with E-state index in [9.17, 15) is 13.2 Å². The number of nitrogens with one attached hydrogen (secondary N) is 2. The van der Waals surface area contributed by atoms with Gasteiger partial charge in [0.1, 0.15) is 5.75 Å². The van der Waals surface area contributed by atoms with Gasteiger partial charge in [-0.15, -0.1) is 0 Å². The van der Waals surface area contributed by atoms with E-state index < -0.39 is 10.0 Å². The molecule has 7 heteroatoms. The van der Waals surface area contributed by atoms with Crippen molar-refractivity contribution in [2.75, 3.05) is 18.5 Å². The molecule has 0 radical (unpaired) electrons. The number of amides is 1. The molecule has 0 aliphatic rings. The minimum atomic E-state index is -3.56. The maximum absolute atomic E-state index is 12.3. The summed E-state index contributed by atoms with van der Waals surface area (Å²) >= 11 is 0. The van der Waals surface area contributed by atoms with Crippen molar-refractivity contribution in [3.8, 4) is 5.75 Å². The molecule has 0 heterocycles. The fourth-order valence-corrected chi connectivity index (χ4v) is 3.90. The van der Waals surface area contributed by atoms with E-state index in [2.05, 4.69) is 23.9 Å². The minimum absolute atomic E-state index is 0.162. The number of benzene rings is 2. The van der Waals surface area contributed by atoms with Gasteiger partial charge in [0.05, 0.1) is 4.90 Å². The van der Waals surface area contributed by atoms with E-state index in [1.807, 2.05) is 38.1 Å². The van der Waals surface area contributed by atoms with Crippen LogP contribution in [0.4, 0.5) is 5.69 Å². The maximum Gasteiger partial charge on any atom is 0.262 e. The summed E-state index contributed by atoms with van der Waals surface area (Å²) in [5.74, 6) is 0.835. The molecule has 0 unspecified atom stereocenters. The average molecular weight is 419 g/mol. The van der Waals surface area contributed by atoms with E-state index in [0.29, 0.717) is 29.5 Å². The van der Waals surface area contributed by atoms with Crippen molar-refractivity contribution in [3.63, 3.8) is 0 Å². The highest BCUT2D eigenvalue weighted by Crippen LogP contribution is 2.22. The third kappa shape index (κ3) is 6.87. The van der Waals surface area contributed by atoms with Crippen LogP contribution >= 0.6 is 0 Å². The van der Waals surface area contributed by atoms with Crippen molar-refractivity contribution in [1.29, 1.82) is 0 Å². The van der Waals surface area contributed by atoms with Gasteiger partial charge in [0.15, 0.2) is 6.61 Å². The van der Waals surface area contributed by atoms with Gasteiger partial charge >= 0.3 is 0 Å². The summed E-state index contributed by atoms with van der Waals surface area (Å²) < 4.78 is 32.8. The summed E-state index contributed by atoms with van der Waals surface area (Å²) in [6.07, 6.45) is 0. The molecule has 158 valence electrons. The maximum atomic E-state index is 12.3. The van der Waals surface area contributed by atoms with Crippen molar-refractivity contribution < 1.29 is 17.9 Å². The number of sulfonamides is 1. The second-order valence-electron chi connectivity index (χ2n) is 7.79. The van der Waals surface area contributed by atoms with Crippen LogP contribution in [0, 0.1) is 12.8 Å². The molecule has 6 nitrogen and oxygen atoms in total. The molecule has 0 aliphatic heterocycles. The Balaban J connectivity index is 1.95. The van der Waals surface area contributed by atoms with Crippen LogP contribution in [-0.4, -0.2) is 27.5 Å². The standard InChI is InChI=1S/C22H30N2O4S/c1-15(2)13-23-29(26,27)20-10-11-21(17(5)12-20)28-14-22(25)24-19-8-6-18(7-9-19)16(3)4/h6-12,15-16,23H,13-14H2,1-5H3,(H,24,25). The Bertz CT molecular complexity index is 936. The Morgan fingerprint density at radius 3 is 2.24 bits per heavy atom. The van der Waals surface area contributed by atoms with Crippen molar-refractivity contribution in [2.45, 2.75) is 45.4 Å². The van der Waals surface area contributed by atoms with Crippen molar-refractivity contribution in [1.82, 2.24) is 4.72 Å². The predicted octanol–water partition coefficient (Wildman–Crippen LogP) is 4.07. The molecule has 0 saturated carbocycles. The number of anilines is 1. The molecule has 1 amide bonds. The Kier molecular flexibility index (Phi) is 7.81. The number of rotatable bonds is 9.